The number of hydrogen-bond acceptors (Lipinski definition) is 4. The van der Waals surface area contributed by atoms with E-state index in [1.807, 2.05) is 17.2 Å². The summed E-state index contributed by atoms with van der Waals surface area (Å²) >= 11 is 1.49. The fourth-order valence-electron chi connectivity index (χ4n) is 5.83. The Kier molecular flexibility index (Phi) is 6.40. The van der Waals surface area contributed by atoms with E-state index in [0.29, 0.717) is 11.2 Å². The second kappa shape index (κ2) is 9.42. The molecule has 0 bridgehead atoms. The molecule has 5 nitrogen and oxygen atoms in total. The molecule has 2 aliphatic heterocycles. The molecule has 1 aliphatic carbocycles. The van der Waals surface area contributed by atoms with E-state index in [1.165, 1.54) is 61.2 Å². The number of piperidine rings is 1. The zero-order chi connectivity index (χ0) is 22.1. The van der Waals surface area contributed by atoms with Crippen LogP contribution < -0.4 is 10.2 Å². The van der Waals surface area contributed by atoms with Gasteiger partial charge in [0.1, 0.15) is 0 Å². The molecule has 1 saturated heterocycles. The summed E-state index contributed by atoms with van der Waals surface area (Å²) in [6.45, 7) is 7.09. The lowest BCUT2D eigenvalue weighted by atomic mass is 9.86. The molecule has 5 rings (SSSR count). The van der Waals surface area contributed by atoms with Crippen LogP contribution in [0.15, 0.2) is 29.6 Å². The number of carbonyl (C=O) groups excluding carboxylic acids is 1. The maximum Gasteiger partial charge on any atom is 0.323 e. The Bertz CT molecular complexity index is 935. The van der Waals surface area contributed by atoms with E-state index in [-0.39, 0.29) is 6.03 Å². The van der Waals surface area contributed by atoms with E-state index in [9.17, 15) is 4.79 Å². The van der Waals surface area contributed by atoms with Crippen molar-refractivity contribution in [2.75, 3.05) is 29.9 Å². The molecule has 3 heterocycles. The summed E-state index contributed by atoms with van der Waals surface area (Å²) in [5.41, 5.74) is 3.91. The van der Waals surface area contributed by atoms with Gasteiger partial charge in [0.05, 0.1) is 5.69 Å². The molecule has 1 saturated carbocycles. The lowest BCUT2D eigenvalue weighted by molar-refractivity contribution is 0.192. The molecule has 2 aromatic rings. The number of likely N-dealkylation sites (tertiary alicyclic amines) is 1. The van der Waals surface area contributed by atoms with Crippen LogP contribution in [0.5, 0.6) is 0 Å². The number of carbonyl (C=O) groups is 1. The Morgan fingerprint density at radius 3 is 2.72 bits per heavy atom. The lowest BCUT2D eigenvalue weighted by Crippen LogP contribution is -2.50. The van der Waals surface area contributed by atoms with Gasteiger partial charge >= 0.3 is 6.03 Å². The second-order valence-corrected chi connectivity index (χ2v) is 10.9. The van der Waals surface area contributed by atoms with Crippen molar-refractivity contribution in [3.63, 3.8) is 0 Å². The molecular formula is C26H36N4OS. The van der Waals surface area contributed by atoms with E-state index in [2.05, 4.69) is 46.4 Å². The number of aromatic nitrogens is 1. The fraction of sp³-hybridized carbons (Fsp3) is 0.615. The zero-order valence-electron chi connectivity index (χ0n) is 19.4. The summed E-state index contributed by atoms with van der Waals surface area (Å²) in [6.07, 6.45) is 8.89. The van der Waals surface area contributed by atoms with Crippen molar-refractivity contribution in [3.8, 4) is 0 Å². The van der Waals surface area contributed by atoms with E-state index in [4.69, 9.17) is 0 Å². The number of nitrogens with zero attached hydrogens (tertiary/aromatic N) is 3. The van der Waals surface area contributed by atoms with Gasteiger partial charge in [0, 0.05) is 36.7 Å². The van der Waals surface area contributed by atoms with Gasteiger partial charge in [-0.2, -0.15) is 0 Å². The summed E-state index contributed by atoms with van der Waals surface area (Å²) in [5.74, 6) is 2.76. The van der Waals surface area contributed by atoms with Crippen LogP contribution in [-0.2, 0) is 6.42 Å². The lowest BCUT2D eigenvalue weighted by Gasteiger charge is -2.44. The third-order valence-electron chi connectivity index (χ3n) is 7.83. The van der Waals surface area contributed by atoms with Gasteiger partial charge < -0.3 is 9.80 Å². The van der Waals surface area contributed by atoms with Crippen LogP contribution in [0.2, 0.25) is 0 Å². The summed E-state index contributed by atoms with van der Waals surface area (Å²) in [7, 11) is 0. The van der Waals surface area contributed by atoms with Gasteiger partial charge in [0.2, 0.25) is 0 Å². The monoisotopic (exact) mass is 452 g/mol. The molecule has 6 heteroatoms. The van der Waals surface area contributed by atoms with E-state index >= 15 is 0 Å². The Hall–Kier alpha value is -2.08. The SMILES string of the molecule is CCC1CC1CCC1Cc2ccccc2N(C2CCN(C(=O)Nc3nc(C)cs3)CC2)C1. The predicted molar refractivity (Wildman–Crippen MR) is 133 cm³/mol. The fourth-order valence-corrected chi connectivity index (χ4v) is 6.51. The normalized spacial score (nSPS) is 25.5. The highest BCUT2D eigenvalue weighted by Crippen LogP contribution is 2.45. The van der Waals surface area contributed by atoms with Crippen LogP contribution >= 0.6 is 11.3 Å². The average molecular weight is 453 g/mol. The van der Waals surface area contributed by atoms with Gasteiger partial charge in [0.15, 0.2) is 5.13 Å². The van der Waals surface area contributed by atoms with Crippen LogP contribution in [0, 0.1) is 24.7 Å². The number of para-hydroxylation sites is 1. The van der Waals surface area contributed by atoms with Crippen LogP contribution in [0.3, 0.4) is 0 Å². The maximum absolute atomic E-state index is 12.7. The molecule has 1 aromatic heterocycles. The highest BCUT2D eigenvalue weighted by atomic mass is 32.1. The number of rotatable bonds is 6. The Labute approximate surface area is 196 Å². The van der Waals surface area contributed by atoms with Crippen LogP contribution in [0.4, 0.5) is 15.6 Å². The molecule has 0 radical (unpaired) electrons. The van der Waals surface area contributed by atoms with Crippen molar-refractivity contribution >= 4 is 28.2 Å². The molecule has 172 valence electrons. The first-order chi connectivity index (χ1) is 15.6. The van der Waals surface area contributed by atoms with Gasteiger partial charge in [-0.1, -0.05) is 31.5 Å². The smallest absolute Gasteiger partial charge is 0.323 e. The van der Waals surface area contributed by atoms with Crippen LogP contribution in [-0.4, -0.2) is 41.6 Å². The third-order valence-corrected chi connectivity index (χ3v) is 8.70. The van der Waals surface area contributed by atoms with Crippen molar-refractivity contribution in [3.05, 3.63) is 40.9 Å². The number of thiazole rings is 1. The highest BCUT2D eigenvalue weighted by Gasteiger charge is 2.37. The van der Waals surface area contributed by atoms with Crippen molar-refractivity contribution in [2.24, 2.45) is 17.8 Å². The first kappa shape index (κ1) is 21.7. The van der Waals surface area contributed by atoms with Gasteiger partial charge in [-0.25, -0.2) is 9.78 Å². The first-order valence-electron chi connectivity index (χ1n) is 12.4. The number of fused-ring (bicyclic) bond motifs is 1. The topological polar surface area (TPSA) is 48.5 Å². The largest absolute Gasteiger partial charge is 0.368 e. The number of aryl methyl sites for hydroxylation is 1. The summed E-state index contributed by atoms with van der Waals surface area (Å²) < 4.78 is 0. The van der Waals surface area contributed by atoms with Crippen molar-refractivity contribution < 1.29 is 4.79 Å². The van der Waals surface area contributed by atoms with Gasteiger partial charge in [-0.15, -0.1) is 11.3 Å². The minimum Gasteiger partial charge on any atom is -0.368 e. The van der Waals surface area contributed by atoms with Gasteiger partial charge in [0.25, 0.3) is 0 Å². The van der Waals surface area contributed by atoms with Crippen LogP contribution in [0.25, 0.3) is 0 Å². The quantitative estimate of drug-likeness (QED) is 0.589. The average Bonchev–Trinajstić information content (AvgIpc) is 3.48. The molecule has 1 N–H and O–H groups in total. The molecule has 0 spiro atoms. The van der Waals surface area contributed by atoms with E-state index in [1.54, 1.807) is 0 Å². The number of amides is 2. The molecular weight excluding hydrogens is 416 g/mol. The summed E-state index contributed by atoms with van der Waals surface area (Å²) in [5, 5.41) is 5.64. The summed E-state index contributed by atoms with van der Waals surface area (Å²) in [4.78, 5) is 21.7. The molecule has 2 amide bonds. The van der Waals surface area contributed by atoms with Gasteiger partial charge in [-0.05, 0) is 74.8 Å². The molecule has 2 fully saturated rings. The number of benzene rings is 1. The zero-order valence-corrected chi connectivity index (χ0v) is 20.2. The Balaban J connectivity index is 1.19. The summed E-state index contributed by atoms with van der Waals surface area (Å²) in [6, 6.07) is 9.53. The third kappa shape index (κ3) is 4.80. The molecule has 32 heavy (non-hydrogen) atoms. The number of hydrogen-bond donors (Lipinski definition) is 1. The number of urea groups is 1. The predicted octanol–water partition coefficient (Wildman–Crippen LogP) is 5.95. The molecule has 3 atom stereocenters. The van der Waals surface area contributed by atoms with Crippen molar-refractivity contribution in [1.29, 1.82) is 0 Å². The van der Waals surface area contributed by atoms with E-state index < -0.39 is 0 Å². The molecule has 3 aliphatic rings. The Morgan fingerprint density at radius 2 is 2.00 bits per heavy atom. The van der Waals surface area contributed by atoms with Gasteiger partial charge in [-0.3, -0.25) is 5.32 Å². The molecule has 1 aromatic carbocycles. The minimum absolute atomic E-state index is 0.00960. The standard InChI is InChI=1S/C26H36N4OS/c1-3-20-15-21(20)9-8-19-14-22-6-4-5-7-24(22)30(16-19)23-10-12-29(13-11-23)26(31)28-25-27-18(2)17-32-25/h4-7,17,19-21,23H,3,8-16H2,1-2H3,(H,27,28,31). The second-order valence-electron chi connectivity index (χ2n) is 10.0. The number of nitrogens with one attached hydrogen (secondary N) is 1. The van der Waals surface area contributed by atoms with Crippen molar-refractivity contribution in [2.45, 2.75) is 64.8 Å². The maximum atomic E-state index is 12.7. The molecule has 3 unspecified atom stereocenters. The van der Waals surface area contributed by atoms with Crippen molar-refractivity contribution in [1.82, 2.24) is 9.88 Å². The highest BCUT2D eigenvalue weighted by molar-refractivity contribution is 7.13. The Morgan fingerprint density at radius 1 is 1.19 bits per heavy atom. The minimum atomic E-state index is -0.00960. The first-order valence-corrected chi connectivity index (χ1v) is 13.3. The van der Waals surface area contributed by atoms with E-state index in [0.717, 1.165) is 49.4 Å². The van der Waals surface area contributed by atoms with Crippen LogP contribution in [0.1, 0.15) is 56.7 Å². The number of anilines is 2.